The van der Waals surface area contributed by atoms with Crippen molar-refractivity contribution in [2.75, 3.05) is 18.0 Å². The van der Waals surface area contributed by atoms with Gasteiger partial charge in [-0.1, -0.05) is 56.3 Å². The highest BCUT2D eigenvalue weighted by Gasteiger charge is 2.06. The van der Waals surface area contributed by atoms with Gasteiger partial charge >= 0.3 is 5.97 Å². The molecular formula is C27H37NO3. The minimum absolute atomic E-state index is 0.142. The first-order chi connectivity index (χ1) is 15.1. The molecule has 0 aliphatic carbocycles. The first-order valence-corrected chi connectivity index (χ1v) is 11.1. The zero-order valence-corrected chi connectivity index (χ0v) is 19.2. The molecule has 31 heavy (non-hydrogen) atoms. The van der Waals surface area contributed by atoms with Crippen LogP contribution in [0.4, 0.5) is 5.69 Å². The average Bonchev–Trinajstić information content (AvgIpc) is 2.80. The van der Waals surface area contributed by atoms with Crippen LogP contribution in [0.2, 0.25) is 0 Å². The number of carboxylic acid groups (broad SMARTS) is 1. The van der Waals surface area contributed by atoms with Crippen LogP contribution >= 0.6 is 0 Å². The highest BCUT2D eigenvalue weighted by molar-refractivity contribution is 5.67. The van der Waals surface area contributed by atoms with Crippen LogP contribution in [0, 0.1) is 0 Å². The molecule has 0 saturated carbocycles. The Morgan fingerprint density at radius 1 is 1.13 bits per heavy atom. The van der Waals surface area contributed by atoms with E-state index in [1.807, 2.05) is 44.2 Å². The molecule has 0 amide bonds. The van der Waals surface area contributed by atoms with E-state index in [-0.39, 0.29) is 6.42 Å². The number of ether oxygens (including phenoxy) is 1. The van der Waals surface area contributed by atoms with E-state index in [2.05, 4.69) is 54.8 Å². The summed E-state index contributed by atoms with van der Waals surface area (Å²) in [4.78, 5) is 13.0. The lowest BCUT2D eigenvalue weighted by Gasteiger charge is -2.24. The number of nitrogens with zero attached hydrogens (tertiary/aromatic N) is 1. The maximum atomic E-state index is 10.7. The lowest BCUT2D eigenvalue weighted by Crippen LogP contribution is -2.24. The molecule has 0 fully saturated rings. The lowest BCUT2D eigenvalue weighted by molar-refractivity contribution is -0.136. The zero-order valence-electron chi connectivity index (χ0n) is 19.2. The predicted molar refractivity (Wildman–Crippen MR) is 131 cm³/mol. The summed E-state index contributed by atoms with van der Waals surface area (Å²) in [7, 11) is 0. The van der Waals surface area contributed by atoms with Gasteiger partial charge < -0.3 is 14.7 Å². The topological polar surface area (TPSA) is 49.8 Å². The van der Waals surface area contributed by atoms with Gasteiger partial charge in [-0.25, -0.2) is 0 Å². The van der Waals surface area contributed by atoms with Crippen LogP contribution in [0.15, 0.2) is 73.3 Å². The highest BCUT2D eigenvalue weighted by Crippen LogP contribution is 2.20. The molecule has 168 valence electrons. The normalized spacial score (nSPS) is 10.3. The van der Waals surface area contributed by atoms with E-state index in [9.17, 15) is 4.79 Å². The van der Waals surface area contributed by atoms with Crippen LogP contribution in [0.5, 0.6) is 5.75 Å². The van der Waals surface area contributed by atoms with Gasteiger partial charge in [-0.3, -0.25) is 4.79 Å². The van der Waals surface area contributed by atoms with Crippen molar-refractivity contribution in [1.29, 1.82) is 0 Å². The maximum Gasteiger partial charge on any atom is 0.303 e. The van der Waals surface area contributed by atoms with E-state index in [1.165, 1.54) is 5.69 Å². The second kappa shape index (κ2) is 15.8. The van der Waals surface area contributed by atoms with Crippen molar-refractivity contribution in [3.05, 3.63) is 84.5 Å². The van der Waals surface area contributed by atoms with Crippen molar-refractivity contribution in [2.24, 2.45) is 0 Å². The van der Waals surface area contributed by atoms with E-state index in [1.54, 1.807) is 0 Å². The van der Waals surface area contributed by atoms with E-state index in [4.69, 9.17) is 9.84 Å². The Hall–Kier alpha value is -3.01. The van der Waals surface area contributed by atoms with Gasteiger partial charge in [-0.05, 0) is 61.6 Å². The number of unbranched alkanes of at least 4 members (excludes halogenated alkanes) is 1. The Morgan fingerprint density at radius 3 is 2.52 bits per heavy atom. The SMILES string of the molecule is C=CCN(CCC/C=C/C)c1cccc(COc2ccc(CCC(=O)O)cc2)c1.CC. The summed E-state index contributed by atoms with van der Waals surface area (Å²) in [5.74, 6) is 0.00122. The van der Waals surface area contributed by atoms with Gasteiger partial charge in [0.2, 0.25) is 0 Å². The quantitative estimate of drug-likeness (QED) is 0.289. The molecule has 4 nitrogen and oxygen atoms in total. The third-order valence-corrected chi connectivity index (χ3v) is 4.62. The molecule has 0 aromatic heterocycles. The molecular weight excluding hydrogens is 386 g/mol. The van der Waals surface area contributed by atoms with Gasteiger partial charge in [0.25, 0.3) is 0 Å². The van der Waals surface area contributed by atoms with Crippen molar-refractivity contribution in [1.82, 2.24) is 0 Å². The fraction of sp³-hybridized carbons (Fsp3) is 0.370. The summed E-state index contributed by atoms with van der Waals surface area (Å²) in [5.41, 5.74) is 3.29. The number of benzene rings is 2. The molecule has 0 aliphatic heterocycles. The van der Waals surface area contributed by atoms with Crippen LogP contribution in [-0.2, 0) is 17.8 Å². The van der Waals surface area contributed by atoms with E-state index >= 15 is 0 Å². The molecule has 0 saturated heterocycles. The van der Waals surface area contributed by atoms with Crippen molar-refractivity contribution in [3.8, 4) is 5.75 Å². The molecule has 0 radical (unpaired) electrons. The zero-order chi connectivity index (χ0) is 22.9. The Morgan fingerprint density at radius 2 is 1.87 bits per heavy atom. The minimum Gasteiger partial charge on any atom is -0.489 e. The molecule has 4 heteroatoms. The third kappa shape index (κ3) is 10.5. The Balaban J connectivity index is 0.00000233. The summed E-state index contributed by atoms with van der Waals surface area (Å²) in [6.07, 6.45) is 9.08. The number of carboxylic acids is 1. The number of aryl methyl sites for hydroxylation is 1. The van der Waals surface area contributed by atoms with Crippen LogP contribution in [0.3, 0.4) is 0 Å². The summed E-state index contributed by atoms with van der Waals surface area (Å²) in [6, 6.07) is 16.1. The Kier molecular flexibility index (Phi) is 13.2. The van der Waals surface area contributed by atoms with Crippen LogP contribution in [0.25, 0.3) is 0 Å². The lowest BCUT2D eigenvalue weighted by atomic mass is 10.1. The molecule has 0 atom stereocenters. The Bertz CT molecular complexity index is 796. The second-order valence-corrected chi connectivity index (χ2v) is 6.94. The second-order valence-electron chi connectivity index (χ2n) is 6.94. The van der Waals surface area contributed by atoms with Crippen molar-refractivity contribution in [3.63, 3.8) is 0 Å². The van der Waals surface area contributed by atoms with E-state index in [0.29, 0.717) is 13.0 Å². The molecule has 2 aromatic rings. The number of hydrogen-bond donors (Lipinski definition) is 1. The molecule has 0 bridgehead atoms. The van der Waals surface area contributed by atoms with E-state index in [0.717, 1.165) is 42.8 Å². The highest BCUT2D eigenvalue weighted by atomic mass is 16.5. The maximum absolute atomic E-state index is 10.7. The number of carbonyl (C=O) groups is 1. The van der Waals surface area contributed by atoms with Gasteiger partial charge in [0.1, 0.15) is 12.4 Å². The molecule has 0 heterocycles. The fourth-order valence-corrected chi connectivity index (χ4v) is 3.06. The molecule has 2 aromatic carbocycles. The van der Waals surface area contributed by atoms with Crippen LogP contribution in [-0.4, -0.2) is 24.2 Å². The largest absolute Gasteiger partial charge is 0.489 e. The summed E-state index contributed by atoms with van der Waals surface area (Å²) >= 11 is 0. The minimum atomic E-state index is -0.780. The smallest absolute Gasteiger partial charge is 0.303 e. The number of anilines is 1. The monoisotopic (exact) mass is 423 g/mol. The van der Waals surface area contributed by atoms with Gasteiger partial charge in [0, 0.05) is 25.2 Å². The number of hydrogen-bond acceptors (Lipinski definition) is 3. The molecule has 0 spiro atoms. The number of aliphatic carboxylic acids is 1. The van der Waals surface area contributed by atoms with Crippen molar-refractivity contribution in [2.45, 2.75) is 53.1 Å². The Labute approximate surface area is 187 Å². The molecule has 0 unspecified atom stereocenters. The van der Waals surface area contributed by atoms with Gasteiger partial charge in [0.15, 0.2) is 0 Å². The summed E-state index contributed by atoms with van der Waals surface area (Å²) in [6.45, 7) is 12.2. The predicted octanol–water partition coefficient (Wildman–Crippen LogP) is 6.66. The summed E-state index contributed by atoms with van der Waals surface area (Å²) < 4.78 is 5.92. The first-order valence-electron chi connectivity index (χ1n) is 11.1. The van der Waals surface area contributed by atoms with E-state index < -0.39 is 5.97 Å². The van der Waals surface area contributed by atoms with Crippen molar-refractivity contribution < 1.29 is 14.6 Å². The van der Waals surface area contributed by atoms with Crippen LogP contribution < -0.4 is 9.64 Å². The number of rotatable bonds is 13. The average molecular weight is 424 g/mol. The third-order valence-electron chi connectivity index (χ3n) is 4.62. The van der Waals surface area contributed by atoms with Gasteiger partial charge in [0.05, 0.1) is 0 Å². The van der Waals surface area contributed by atoms with Gasteiger partial charge in [-0.15, -0.1) is 6.58 Å². The van der Waals surface area contributed by atoms with Crippen molar-refractivity contribution >= 4 is 11.7 Å². The molecule has 2 rings (SSSR count). The van der Waals surface area contributed by atoms with Crippen LogP contribution in [0.1, 0.15) is 51.2 Å². The molecule has 1 N–H and O–H groups in total. The first kappa shape index (κ1) is 26.0. The van der Waals surface area contributed by atoms with Gasteiger partial charge in [-0.2, -0.15) is 0 Å². The standard InChI is InChI=1S/C25H31NO3.C2H6/c1-3-5-6-7-18-26(17-4-2)23-10-8-9-22(19-23)20-29-24-14-11-21(12-15-24)13-16-25(27)28;1-2/h3-5,8-12,14-15,19H,2,6-7,13,16-18,20H2,1H3,(H,27,28);1-2H3/b5-3+;. The molecule has 0 aliphatic rings. The number of allylic oxidation sites excluding steroid dienone is 2. The summed E-state index contributed by atoms with van der Waals surface area (Å²) in [5, 5.41) is 8.77. The fourth-order valence-electron chi connectivity index (χ4n) is 3.06.